The van der Waals surface area contributed by atoms with Crippen molar-refractivity contribution in [2.75, 3.05) is 0 Å². The molecule has 0 saturated heterocycles. The Morgan fingerprint density at radius 1 is 1.32 bits per heavy atom. The molecule has 3 N–H and O–H groups in total. The van der Waals surface area contributed by atoms with Gasteiger partial charge in [-0.1, -0.05) is 24.3 Å². The van der Waals surface area contributed by atoms with E-state index in [2.05, 4.69) is 17.4 Å². The lowest BCUT2D eigenvalue weighted by atomic mass is 9.78. The average Bonchev–Trinajstić information content (AvgIpc) is 3.28. The van der Waals surface area contributed by atoms with Crippen molar-refractivity contribution in [3.63, 3.8) is 0 Å². The first-order valence-electron chi connectivity index (χ1n) is 7.13. The van der Waals surface area contributed by atoms with Gasteiger partial charge in [0.15, 0.2) is 0 Å². The highest BCUT2D eigenvalue weighted by atomic mass is 16.2. The van der Waals surface area contributed by atoms with Crippen molar-refractivity contribution in [2.45, 2.75) is 56.5 Å². The number of amides is 1. The first-order chi connectivity index (χ1) is 8.93. The standard InChI is InChI=1S/C16H22N2O/c1-15(2,14(19)18-11-7-8-11)12-5-3-4-6-13(12)16(17)9-10-16/h3-6,11H,7-10,17H2,1-2H3,(H,18,19). The molecule has 19 heavy (non-hydrogen) atoms. The molecular formula is C16H22N2O. The van der Waals surface area contributed by atoms with Gasteiger partial charge in [-0.05, 0) is 50.7 Å². The van der Waals surface area contributed by atoms with Crippen molar-refractivity contribution in [3.05, 3.63) is 35.4 Å². The van der Waals surface area contributed by atoms with E-state index in [1.165, 1.54) is 0 Å². The Kier molecular flexibility index (Phi) is 2.72. The lowest BCUT2D eigenvalue weighted by Crippen LogP contribution is -2.42. The van der Waals surface area contributed by atoms with Crippen LogP contribution in [-0.4, -0.2) is 11.9 Å². The van der Waals surface area contributed by atoms with Gasteiger partial charge in [-0.3, -0.25) is 4.79 Å². The van der Waals surface area contributed by atoms with Gasteiger partial charge in [0.25, 0.3) is 0 Å². The summed E-state index contributed by atoms with van der Waals surface area (Å²) in [5, 5.41) is 3.11. The monoisotopic (exact) mass is 258 g/mol. The molecule has 1 aromatic carbocycles. The summed E-state index contributed by atoms with van der Waals surface area (Å²) >= 11 is 0. The van der Waals surface area contributed by atoms with Gasteiger partial charge < -0.3 is 11.1 Å². The second kappa shape index (κ2) is 4.07. The number of hydrogen-bond donors (Lipinski definition) is 2. The maximum atomic E-state index is 12.5. The predicted molar refractivity (Wildman–Crippen MR) is 75.7 cm³/mol. The fourth-order valence-electron chi connectivity index (χ4n) is 2.58. The molecule has 2 fully saturated rings. The average molecular weight is 258 g/mol. The molecule has 0 aliphatic heterocycles. The molecule has 3 heteroatoms. The molecule has 0 aromatic heterocycles. The molecule has 3 nitrogen and oxygen atoms in total. The van der Waals surface area contributed by atoms with E-state index in [4.69, 9.17) is 5.73 Å². The van der Waals surface area contributed by atoms with Crippen molar-refractivity contribution >= 4 is 5.91 Å². The fraction of sp³-hybridized carbons (Fsp3) is 0.562. The third-order valence-corrected chi connectivity index (χ3v) is 4.41. The number of nitrogens with one attached hydrogen (secondary N) is 1. The van der Waals surface area contributed by atoms with Crippen LogP contribution in [0.3, 0.4) is 0 Å². The van der Waals surface area contributed by atoms with Crippen molar-refractivity contribution in [1.29, 1.82) is 0 Å². The Morgan fingerprint density at radius 2 is 1.95 bits per heavy atom. The number of nitrogens with two attached hydrogens (primary N) is 1. The zero-order valence-corrected chi connectivity index (χ0v) is 11.7. The Bertz CT molecular complexity index is 513. The topological polar surface area (TPSA) is 55.1 Å². The van der Waals surface area contributed by atoms with Crippen LogP contribution >= 0.6 is 0 Å². The normalized spacial score (nSPS) is 21.0. The van der Waals surface area contributed by atoms with Crippen molar-refractivity contribution in [2.24, 2.45) is 5.73 Å². The van der Waals surface area contributed by atoms with Crippen LogP contribution in [0.2, 0.25) is 0 Å². The van der Waals surface area contributed by atoms with Gasteiger partial charge in [0.2, 0.25) is 5.91 Å². The summed E-state index contributed by atoms with van der Waals surface area (Å²) in [5.74, 6) is 0.117. The van der Waals surface area contributed by atoms with Crippen LogP contribution in [0.25, 0.3) is 0 Å². The van der Waals surface area contributed by atoms with Gasteiger partial charge in [0.05, 0.1) is 5.41 Å². The second-order valence-corrected chi connectivity index (χ2v) is 6.57. The number of carbonyl (C=O) groups excluding carboxylic acids is 1. The minimum Gasteiger partial charge on any atom is -0.353 e. The molecule has 0 unspecified atom stereocenters. The number of carbonyl (C=O) groups is 1. The molecule has 2 aliphatic carbocycles. The van der Waals surface area contributed by atoms with E-state index in [0.29, 0.717) is 6.04 Å². The van der Waals surface area contributed by atoms with Crippen LogP contribution in [-0.2, 0) is 15.7 Å². The number of benzene rings is 1. The Hall–Kier alpha value is -1.35. The number of hydrogen-bond acceptors (Lipinski definition) is 2. The molecule has 0 atom stereocenters. The van der Waals surface area contributed by atoms with Crippen molar-refractivity contribution in [3.8, 4) is 0 Å². The summed E-state index contributed by atoms with van der Waals surface area (Å²) in [6.45, 7) is 3.99. The van der Waals surface area contributed by atoms with Crippen LogP contribution in [0.15, 0.2) is 24.3 Å². The molecule has 0 bridgehead atoms. The van der Waals surface area contributed by atoms with Crippen LogP contribution < -0.4 is 11.1 Å². The number of rotatable bonds is 4. The highest BCUT2D eigenvalue weighted by Gasteiger charge is 2.45. The summed E-state index contributed by atoms with van der Waals surface area (Å²) in [6.07, 6.45) is 4.27. The van der Waals surface area contributed by atoms with E-state index in [-0.39, 0.29) is 11.4 Å². The van der Waals surface area contributed by atoms with E-state index in [1.54, 1.807) is 0 Å². The molecule has 2 aliphatic rings. The summed E-state index contributed by atoms with van der Waals surface area (Å²) in [5.41, 5.74) is 7.85. The van der Waals surface area contributed by atoms with Crippen LogP contribution in [0.5, 0.6) is 0 Å². The smallest absolute Gasteiger partial charge is 0.230 e. The van der Waals surface area contributed by atoms with Crippen molar-refractivity contribution < 1.29 is 4.79 Å². The van der Waals surface area contributed by atoms with E-state index < -0.39 is 5.41 Å². The van der Waals surface area contributed by atoms with E-state index in [1.807, 2.05) is 26.0 Å². The highest BCUT2D eigenvalue weighted by molar-refractivity contribution is 5.88. The molecule has 1 amide bonds. The van der Waals surface area contributed by atoms with Gasteiger partial charge in [-0.2, -0.15) is 0 Å². The quantitative estimate of drug-likeness (QED) is 0.870. The lowest BCUT2D eigenvalue weighted by Gasteiger charge is -2.28. The fourth-order valence-corrected chi connectivity index (χ4v) is 2.58. The van der Waals surface area contributed by atoms with E-state index in [0.717, 1.165) is 36.8 Å². The minimum absolute atomic E-state index is 0.117. The zero-order chi connectivity index (χ0) is 13.7. The van der Waals surface area contributed by atoms with Crippen LogP contribution in [0.4, 0.5) is 0 Å². The maximum Gasteiger partial charge on any atom is 0.230 e. The second-order valence-electron chi connectivity index (χ2n) is 6.57. The third kappa shape index (κ3) is 2.27. The molecule has 3 rings (SSSR count). The molecular weight excluding hydrogens is 236 g/mol. The molecule has 0 spiro atoms. The summed E-state index contributed by atoms with van der Waals surface area (Å²) in [6, 6.07) is 8.53. The summed E-state index contributed by atoms with van der Waals surface area (Å²) in [4.78, 5) is 12.5. The Labute approximate surface area is 114 Å². The zero-order valence-electron chi connectivity index (χ0n) is 11.7. The molecule has 1 aromatic rings. The molecule has 102 valence electrons. The van der Waals surface area contributed by atoms with E-state index >= 15 is 0 Å². The summed E-state index contributed by atoms with van der Waals surface area (Å²) in [7, 11) is 0. The van der Waals surface area contributed by atoms with Crippen LogP contribution in [0.1, 0.15) is 50.7 Å². The Morgan fingerprint density at radius 3 is 2.53 bits per heavy atom. The Balaban J connectivity index is 1.93. The molecule has 2 saturated carbocycles. The third-order valence-electron chi connectivity index (χ3n) is 4.41. The van der Waals surface area contributed by atoms with Gasteiger partial charge in [-0.25, -0.2) is 0 Å². The lowest BCUT2D eigenvalue weighted by molar-refractivity contribution is -0.125. The first-order valence-corrected chi connectivity index (χ1v) is 7.13. The first kappa shape index (κ1) is 12.7. The SMILES string of the molecule is CC(C)(C(=O)NC1CC1)c1ccccc1C1(N)CC1. The maximum absolute atomic E-state index is 12.5. The van der Waals surface area contributed by atoms with E-state index in [9.17, 15) is 4.79 Å². The van der Waals surface area contributed by atoms with Gasteiger partial charge in [0, 0.05) is 11.6 Å². The van der Waals surface area contributed by atoms with Gasteiger partial charge in [-0.15, -0.1) is 0 Å². The molecule has 0 heterocycles. The summed E-state index contributed by atoms with van der Waals surface area (Å²) < 4.78 is 0. The van der Waals surface area contributed by atoms with Gasteiger partial charge in [0.1, 0.15) is 0 Å². The predicted octanol–water partition coefficient (Wildman–Crippen LogP) is 2.19. The van der Waals surface area contributed by atoms with Crippen molar-refractivity contribution in [1.82, 2.24) is 5.32 Å². The van der Waals surface area contributed by atoms with Gasteiger partial charge >= 0.3 is 0 Å². The molecule has 0 radical (unpaired) electrons. The highest BCUT2D eigenvalue weighted by Crippen LogP contribution is 2.46. The minimum atomic E-state index is -0.520. The largest absolute Gasteiger partial charge is 0.353 e. The van der Waals surface area contributed by atoms with Crippen LogP contribution in [0, 0.1) is 0 Å².